The average Bonchev–Trinajstić information content (AvgIpc) is 3.62. The van der Waals surface area contributed by atoms with Crippen LogP contribution in [0.2, 0.25) is 10.2 Å². The van der Waals surface area contributed by atoms with E-state index >= 15 is 0 Å². The van der Waals surface area contributed by atoms with Crippen molar-refractivity contribution in [3.8, 4) is 22.3 Å². The number of benzene rings is 2. The molecule has 5 aromatic rings. The summed E-state index contributed by atoms with van der Waals surface area (Å²) in [5.74, 6) is -0.888. The molecule has 3 heterocycles. The van der Waals surface area contributed by atoms with Crippen LogP contribution in [0.25, 0.3) is 22.3 Å². The summed E-state index contributed by atoms with van der Waals surface area (Å²) in [6.07, 6.45) is 5.10. The van der Waals surface area contributed by atoms with Gasteiger partial charge in [0.15, 0.2) is 5.15 Å². The molecule has 1 unspecified atom stereocenters. The van der Waals surface area contributed by atoms with Crippen molar-refractivity contribution >= 4 is 40.7 Å². The highest BCUT2D eigenvalue weighted by Gasteiger charge is 2.25. The number of halogens is 2. The van der Waals surface area contributed by atoms with E-state index in [0.29, 0.717) is 27.1 Å². The molecule has 0 bridgehead atoms. The van der Waals surface area contributed by atoms with E-state index in [-0.39, 0.29) is 18.0 Å². The van der Waals surface area contributed by atoms with Crippen molar-refractivity contribution in [2.75, 3.05) is 5.32 Å². The van der Waals surface area contributed by atoms with Crippen molar-refractivity contribution in [2.45, 2.75) is 32.4 Å². The highest BCUT2D eigenvalue weighted by atomic mass is 35.5. The number of carbonyl (C=O) groups is 2. The van der Waals surface area contributed by atoms with E-state index in [1.807, 2.05) is 38.1 Å². The highest BCUT2D eigenvalue weighted by molar-refractivity contribution is 6.32. The Kier molecular flexibility index (Phi) is 8.79. The first-order valence-corrected chi connectivity index (χ1v) is 14.3. The molecule has 0 saturated carbocycles. The summed E-state index contributed by atoms with van der Waals surface area (Å²) in [7, 11) is 1.65. The fraction of sp³-hybridized carbons (Fsp3) is 0.194. The largest absolute Gasteiger partial charge is 0.339 e. The van der Waals surface area contributed by atoms with Gasteiger partial charge in [0.1, 0.15) is 11.7 Å². The van der Waals surface area contributed by atoms with E-state index in [1.54, 1.807) is 54.3 Å². The number of aryl methyl sites for hydroxylation is 1. The van der Waals surface area contributed by atoms with Gasteiger partial charge >= 0.3 is 0 Å². The Morgan fingerprint density at radius 3 is 2.35 bits per heavy atom. The standard InChI is InChI=1S/C31H29Cl2N7O3/c1-18(2)40-17-21(7-11-28(40)41)20-6-10-25(32)22(14-20)15-26(37-31(43)27-12-13-35-39(27)3)30(42)36-23-8-4-19(5-9-23)24-16-34-38-29(24)33/h4-14,16-18,26H,15H2,1-3H3,(H,34,38)(H,36,42)(H,37,43). The maximum absolute atomic E-state index is 13.6. The smallest absolute Gasteiger partial charge is 0.270 e. The van der Waals surface area contributed by atoms with Gasteiger partial charge < -0.3 is 15.2 Å². The Hall–Kier alpha value is -4.67. The lowest BCUT2D eigenvalue weighted by Crippen LogP contribution is -2.45. The number of H-pyrrole nitrogens is 1. The predicted octanol–water partition coefficient (Wildman–Crippen LogP) is 5.51. The van der Waals surface area contributed by atoms with E-state index in [0.717, 1.165) is 22.3 Å². The number of nitrogens with one attached hydrogen (secondary N) is 3. The molecule has 10 nitrogen and oxygen atoms in total. The molecule has 0 aliphatic heterocycles. The molecule has 5 rings (SSSR count). The Labute approximate surface area is 257 Å². The normalized spacial score (nSPS) is 11.9. The Balaban J connectivity index is 1.43. The first-order chi connectivity index (χ1) is 20.6. The Morgan fingerprint density at radius 2 is 1.70 bits per heavy atom. The van der Waals surface area contributed by atoms with Gasteiger partial charge in [0.05, 0.1) is 0 Å². The maximum atomic E-state index is 13.6. The number of anilines is 1. The molecule has 0 aliphatic carbocycles. The van der Waals surface area contributed by atoms with Crippen LogP contribution in [-0.2, 0) is 18.3 Å². The van der Waals surface area contributed by atoms with Crippen LogP contribution < -0.4 is 16.2 Å². The summed E-state index contributed by atoms with van der Waals surface area (Å²) < 4.78 is 3.08. The van der Waals surface area contributed by atoms with Gasteiger partial charge in [0, 0.05) is 60.4 Å². The summed E-state index contributed by atoms with van der Waals surface area (Å²) in [5.41, 5.74) is 4.59. The first-order valence-electron chi connectivity index (χ1n) is 13.5. The minimum absolute atomic E-state index is 0.0137. The number of rotatable bonds is 9. The van der Waals surface area contributed by atoms with E-state index < -0.39 is 17.9 Å². The fourth-order valence-electron chi connectivity index (χ4n) is 4.68. The predicted molar refractivity (Wildman–Crippen MR) is 167 cm³/mol. The van der Waals surface area contributed by atoms with Crippen LogP contribution in [0.4, 0.5) is 5.69 Å². The topological polar surface area (TPSA) is 127 Å². The third-order valence-electron chi connectivity index (χ3n) is 7.03. The van der Waals surface area contributed by atoms with Gasteiger partial charge in [-0.1, -0.05) is 41.4 Å². The fourth-order valence-corrected chi connectivity index (χ4v) is 5.09. The van der Waals surface area contributed by atoms with Crippen LogP contribution in [0.3, 0.4) is 0 Å². The molecule has 12 heteroatoms. The molecule has 220 valence electrons. The van der Waals surface area contributed by atoms with Crippen LogP contribution in [0, 0.1) is 0 Å². The molecule has 3 aromatic heterocycles. The van der Waals surface area contributed by atoms with Crippen LogP contribution in [-0.4, -0.2) is 42.4 Å². The number of pyridine rings is 1. The zero-order valence-electron chi connectivity index (χ0n) is 23.6. The van der Waals surface area contributed by atoms with Crippen LogP contribution >= 0.6 is 23.2 Å². The first kappa shape index (κ1) is 29.8. The van der Waals surface area contributed by atoms with Gasteiger partial charge in [-0.15, -0.1) is 0 Å². The lowest BCUT2D eigenvalue weighted by atomic mass is 9.99. The van der Waals surface area contributed by atoms with Crippen molar-refractivity contribution in [3.05, 3.63) is 111 Å². The van der Waals surface area contributed by atoms with E-state index in [9.17, 15) is 14.4 Å². The minimum atomic E-state index is -0.984. The number of hydrogen-bond donors (Lipinski definition) is 3. The van der Waals surface area contributed by atoms with Gasteiger partial charge in [0.25, 0.3) is 11.5 Å². The van der Waals surface area contributed by atoms with Crippen molar-refractivity contribution in [2.24, 2.45) is 7.05 Å². The molecular formula is C31H29Cl2N7O3. The van der Waals surface area contributed by atoms with Gasteiger partial charge in [-0.05, 0) is 72.5 Å². The second-order valence-corrected chi connectivity index (χ2v) is 11.1. The molecule has 0 saturated heterocycles. The van der Waals surface area contributed by atoms with Crippen molar-refractivity contribution < 1.29 is 9.59 Å². The molecule has 0 radical (unpaired) electrons. The average molecular weight is 619 g/mol. The second-order valence-electron chi connectivity index (χ2n) is 10.3. The number of aromatic nitrogens is 5. The third kappa shape index (κ3) is 6.71. The van der Waals surface area contributed by atoms with Gasteiger partial charge in [-0.25, -0.2) is 0 Å². The number of nitrogens with zero attached hydrogens (tertiary/aromatic N) is 4. The molecule has 43 heavy (non-hydrogen) atoms. The molecule has 0 spiro atoms. The molecule has 1 atom stereocenters. The molecule has 3 N–H and O–H groups in total. The summed E-state index contributed by atoms with van der Waals surface area (Å²) >= 11 is 12.7. The van der Waals surface area contributed by atoms with Gasteiger partial charge in [-0.3, -0.25) is 24.2 Å². The van der Waals surface area contributed by atoms with Gasteiger partial charge in [0.2, 0.25) is 5.91 Å². The third-order valence-corrected chi connectivity index (χ3v) is 7.69. The molecular weight excluding hydrogens is 589 g/mol. The molecule has 0 aliphatic rings. The van der Waals surface area contributed by atoms with Crippen molar-refractivity contribution in [3.63, 3.8) is 0 Å². The molecule has 0 fully saturated rings. The lowest BCUT2D eigenvalue weighted by Gasteiger charge is -2.20. The number of aromatic amines is 1. The van der Waals surface area contributed by atoms with Crippen LogP contribution in [0.1, 0.15) is 35.9 Å². The highest BCUT2D eigenvalue weighted by Crippen LogP contribution is 2.28. The summed E-state index contributed by atoms with van der Waals surface area (Å²) in [6.45, 7) is 3.87. The van der Waals surface area contributed by atoms with Gasteiger partial charge in [-0.2, -0.15) is 10.2 Å². The lowest BCUT2D eigenvalue weighted by molar-refractivity contribution is -0.118. The van der Waals surface area contributed by atoms with E-state index in [2.05, 4.69) is 25.9 Å². The summed E-state index contributed by atoms with van der Waals surface area (Å²) in [5, 5.41) is 17.2. The number of amides is 2. The quantitative estimate of drug-likeness (QED) is 0.201. The van der Waals surface area contributed by atoms with E-state index in [4.69, 9.17) is 23.2 Å². The van der Waals surface area contributed by atoms with Crippen LogP contribution in [0.15, 0.2) is 84.0 Å². The summed E-state index contributed by atoms with van der Waals surface area (Å²) in [4.78, 5) is 39.1. The van der Waals surface area contributed by atoms with Crippen LogP contribution in [0.5, 0.6) is 0 Å². The molecule has 2 aromatic carbocycles. The molecule has 2 amide bonds. The Morgan fingerprint density at radius 1 is 0.977 bits per heavy atom. The Bertz CT molecular complexity index is 1840. The zero-order valence-corrected chi connectivity index (χ0v) is 25.1. The monoisotopic (exact) mass is 617 g/mol. The SMILES string of the molecule is CC(C)n1cc(-c2ccc(Cl)c(CC(NC(=O)c3ccnn3C)C(=O)Nc3ccc(-c4c[nH]nc4Cl)cc3)c2)ccc1=O. The van der Waals surface area contributed by atoms with Crippen molar-refractivity contribution in [1.82, 2.24) is 29.9 Å². The maximum Gasteiger partial charge on any atom is 0.270 e. The number of carbonyl (C=O) groups excluding carboxylic acids is 2. The second kappa shape index (κ2) is 12.7. The minimum Gasteiger partial charge on any atom is -0.339 e. The van der Waals surface area contributed by atoms with Crippen molar-refractivity contribution in [1.29, 1.82) is 0 Å². The zero-order chi connectivity index (χ0) is 30.7. The number of hydrogen-bond acceptors (Lipinski definition) is 5. The summed E-state index contributed by atoms with van der Waals surface area (Å²) in [6, 6.07) is 16.4. The van der Waals surface area contributed by atoms with E-state index in [1.165, 1.54) is 16.9 Å².